The van der Waals surface area contributed by atoms with Gasteiger partial charge in [-0.25, -0.2) is 0 Å². The molecule has 0 saturated heterocycles. The standard InChI is InChI=1S/C17H21Br2NS/c1-12(2)10-20-11-14(9-17-16(19)6-7-21-17)13-4-3-5-15(18)8-13/h3-8,12,14,20H,9-11H2,1-2H3. The first-order valence-corrected chi connectivity index (χ1v) is 9.71. The predicted octanol–water partition coefficient (Wildman–Crippen LogP) is 5.85. The SMILES string of the molecule is CC(C)CNCC(Cc1sccc1Br)c1cccc(Br)c1. The monoisotopic (exact) mass is 429 g/mol. The van der Waals surface area contributed by atoms with Crippen LogP contribution in [0.1, 0.15) is 30.2 Å². The van der Waals surface area contributed by atoms with Gasteiger partial charge in [0.1, 0.15) is 0 Å². The minimum Gasteiger partial charge on any atom is -0.316 e. The molecule has 0 saturated carbocycles. The van der Waals surface area contributed by atoms with Gasteiger partial charge in [0.05, 0.1) is 0 Å². The van der Waals surface area contributed by atoms with Crippen molar-refractivity contribution >= 4 is 43.2 Å². The summed E-state index contributed by atoms with van der Waals surface area (Å²) in [6, 6.07) is 10.8. The molecule has 0 bridgehead atoms. The van der Waals surface area contributed by atoms with E-state index in [0.29, 0.717) is 11.8 Å². The van der Waals surface area contributed by atoms with Crippen molar-refractivity contribution in [1.82, 2.24) is 5.32 Å². The Morgan fingerprint density at radius 3 is 2.57 bits per heavy atom. The van der Waals surface area contributed by atoms with Crippen LogP contribution in [0, 0.1) is 5.92 Å². The number of hydrogen-bond donors (Lipinski definition) is 1. The Morgan fingerprint density at radius 2 is 1.95 bits per heavy atom. The van der Waals surface area contributed by atoms with Crippen LogP contribution in [0.15, 0.2) is 44.7 Å². The highest BCUT2D eigenvalue weighted by Crippen LogP contribution is 2.30. The van der Waals surface area contributed by atoms with E-state index in [-0.39, 0.29) is 0 Å². The van der Waals surface area contributed by atoms with Crippen LogP contribution in [0.4, 0.5) is 0 Å². The van der Waals surface area contributed by atoms with Gasteiger partial charge in [-0.15, -0.1) is 11.3 Å². The topological polar surface area (TPSA) is 12.0 Å². The highest BCUT2D eigenvalue weighted by molar-refractivity contribution is 9.10. The zero-order chi connectivity index (χ0) is 15.2. The fourth-order valence-electron chi connectivity index (χ4n) is 2.31. The molecule has 114 valence electrons. The van der Waals surface area contributed by atoms with Crippen molar-refractivity contribution in [3.63, 3.8) is 0 Å². The van der Waals surface area contributed by atoms with E-state index in [1.165, 1.54) is 14.9 Å². The molecule has 21 heavy (non-hydrogen) atoms. The first-order chi connectivity index (χ1) is 10.1. The maximum Gasteiger partial charge on any atom is 0.0314 e. The van der Waals surface area contributed by atoms with Gasteiger partial charge in [-0.1, -0.05) is 41.9 Å². The number of rotatable bonds is 7. The van der Waals surface area contributed by atoms with E-state index in [1.807, 2.05) is 11.3 Å². The molecule has 0 spiro atoms. The maximum atomic E-state index is 3.65. The van der Waals surface area contributed by atoms with Crippen molar-refractivity contribution in [2.24, 2.45) is 5.92 Å². The van der Waals surface area contributed by atoms with Crippen LogP contribution in [0.25, 0.3) is 0 Å². The lowest BCUT2D eigenvalue weighted by atomic mass is 9.94. The quantitative estimate of drug-likeness (QED) is 0.581. The Balaban J connectivity index is 2.12. The normalized spacial score (nSPS) is 12.8. The Bertz CT molecular complexity index is 565. The van der Waals surface area contributed by atoms with Crippen molar-refractivity contribution in [2.45, 2.75) is 26.2 Å². The zero-order valence-corrected chi connectivity index (χ0v) is 16.4. The lowest BCUT2D eigenvalue weighted by molar-refractivity contribution is 0.515. The Labute approximate surface area is 148 Å². The molecule has 0 amide bonds. The Kier molecular flexibility index (Phi) is 6.93. The fourth-order valence-corrected chi connectivity index (χ4v) is 4.32. The molecule has 2 aromatic rings. The molecule has 1 atom stereocenters. The van der Waals surface area contributed by atoms with Crippen molar-refractivity contribution < 1.29 is 0 Å². The number of nitrogens with one attached hydrogen (secondary N) is 1. The van der Waals surface area contributed by atoms with Crippen LogP contribution in [0.2, 0.25) is 0 Å². The third-order valence-electron chi connectivity index (χ3n) is 3.39. The molecule has 2 rings (SSSR count). The van der Waals surface area contributed by atoms with Crippen molar-refractivity contribution in [3.8, 4) is 0 Å². The molecule has 4 heteroatoms. The van der Waals surface area contributed by atoms with Crippen LogP contribution < -0.4 is 5.32 Å². The van der Waals surface area contributed by atoms with Gasteiger partial charge in [0.25, 0.3) is 0 Å². The highest BCUT2D eigenvalue weighted by Gasteiger charge is 2.15. The van der Waals surface area contributed by atoms with Gasteiger partial charge in [0, 0.05) is 26.3 Å². The number of thiophene rings is 1. The first-order valence-electron chi connectivity index (χ1n) is 7.24. The van der Waals surface area contributed by atoms with Gasteiger partial charge in [-0.3, -0.25) is 0 Å². The summed E-state index contributed by atoms with van der Waals surface area (Å²) < 4.78 is 2.38. The van der Waals surface area contributed by atoms with Gasteiger partial charge >= 0.3 is 0 Å². The van der Waals surface area contributed by atoms with Gasteiger partial charge in [0.15, 0.2) is 0 Å². The molecular weight excluding hydrogens is 410 g/mol. The molecule has 1 heterocycles. The van der Waals surface area contributed by atoms with Crippen LogP contribution in [-0.2, 0) is 6.42 Å². The summed E-state index contributed by atoms with van der Waals surface area (Å²) >= 11 is 9.07. The summed E-state index contributed by atoms with van der Waals surface area (Å²) in [5.41, 5.74) is 1.39. The number of benzene rings is 1. The highest BCUT2D eigenvalue weighted by atomic mass is 79.9. The molecular formula is C17H21Br2NS. The van der Waals surface area contributed by atoms with Crippen LogP contribution in [0.5, 0.6) is 0 Å². The largest absolute Gasteiger partial charge is 0.316 e. The molecule has 0 aliphatic carbocycles. The van der Waals surface area contributed by atoms with Gasteiger partial charge in [-0.2, -0.15) is 0 Å². The molecule has 1 aromatic carbocycles. The molecule has 0 fully saturated rings. The van der Waals surface area contributed by atoms with E-state index in [2.05, 4.69) is 86.7 Å². The van der Waals surface area contributed by atoms with Crippen molar-refractivity contribution in [2.75, 3.05) is 13.1 Å². The van der Waals surface area contributed by atoms with Gasteiger partial charge in [0.2, 0.25) is 0 Å². The summed E-state index contributed by atoms with van der Waals surface area (Å²) in [5.74, 6) is 1.18. The molecule has 1 unspecified atom stereocenters. The van der Waals surface area contributed by atoms with E-state index < -0.39 is 0 Å². The molecule has 1 N–H and O–H groups in total. The smallest absolute Gasteiger partial charge is 0.0314 e. The van der Waals surface area contributed by atoms with Crippen LogP contribution in [-0.4, -0.2) is 13.1 Å². The number of hydrogen-bond acceptors (Lipinski definition) is 2. The average Bonchev–Trinajstić information content (AvgIpc) is 2.83. The second-order valence-corrected chi connectivity index (χ2v) is 8.47. The van der Waals surface area contributed by atoms with E-state index in [0.717, 1.165) is 24.0 Å². The lowest BCUT2D eigenvalue weighted by Crippen LogP contribution is -2.26. The molecule has 0 aliphatic rings. The van der Waals surface area contributed by atoms with E-state index in [1.54, 1.807) is 0 Å². The van der Waals surface area contributed by atoms with E-state index in [4.69, 9.17) is 0 Å². The van der Waals surface area contributed by atoms with Crippen LogP contribution >= 0.6 is 43.2 Å². The Hall–Kier alpha value is -0.160. The first kappa shape index (κ1) is 17.2. The second-order valence-electron chi connectivity index (χ2n) is 5.70. The summed E-state index contributed by atoms with van der Waals surface area (Å²) in [6.07, 6.45) is 1.07. The number of halogens is 2. The molecule has 0 radical (unpaired) electrons. The maximum absolute atomic E-state index is 3.65. The molecule has 0 aliphatic heterocycles. The summed E-state index contributed by atoms with van der Waals surface area (Å²) in [5, 5.41) is 5.76. The predicted molar refractivity (Wildman–Crippen MR) is 100 cm³/mol. The van der Waals surface area contributed by atoms with E-state index in [9.17, 15) is 0 Å². The molecule has 1 aromatic heterocycles. The summed E-state index contributed by atoms with van der Waals surface area (Å²) in [4.78, 5) is 1.42. The second kappa shape index (κ2) is 8.47. The summed E-state index contributed by atoms with van der Waals surface area (Å²) in [6.45, 7) is 6.57. The van der Waals surface area contributed by atoms with Crippen LogP contribution in [0.3, 0.4) is 0 Å². The zero-order valence-electron chi connectivity index (χ0n) is 12.4. The third kappa shape index (κ3) is 5.51. The third-order valence-corrected chi connectivity index (χ3v) is 5.83. The van der Waals surface area contributed by atoms with Crippen molar-refractivity contribution in [1.29, 1.82) is 0 Å². The fraction of sp³-hybridized carbons (Fsp3) is 0.412. The van der Waals surface area contributed by atoms with Gasteiger partial charge in [-0.05, 0) is 64.0 Å². The Morgan fingerprint density at radius 1 is 1.14 bits per heavy atom. The lowest BCUT2D eigenvalue weighted by Gasteiger charge is -2.19. The summed E-state index contributed by atoms with van der Waals surface area (Å²) in [7, 11) is 0. The minimum atomic E-state index is 0.496. The molecule has 1 nitrogen and oxygen atoms in total. The van der Waals surface area contributed by atoms with E-state index >= 15 is 0 Å². The van der Waals surface area contributed by atoms with Crippen molar-refractivity contribution in [3.05, 3.63) is 55.1 Å². The minimum absolute atomic E-state index is 0.496. The van der Waals surface area contributed by atoms with Gasteiger partial charge < -0.3 is 5.32 Å². The average molecular weight is 431 g/mol.